The number of hydrogen-bond donors (Lipinski definition) is 1. The van der Waals surface area contributed by atoms with E-state index in [0.717, 1.165) is 44.6 Å². The van der Waals surface area contributed by atoms with E-state index in [1.807, 2.05) is 35.2 Å². The van der Waals surface area contributed by atoms with Gasteiger partial charge in [0.05, 0.1) is 0 Å². The molecule has 3 rings (SSSR count). The van der Waals surface area contributed by atoms with Crippen LogP contribution in [0.5, 0.6) is 0 Å². The smallest absolute Gasteiger partial charge is 0.272 e. The van der Waals surface area contributed by atoms with Crippen molar-refractivity contribution in [3.05, 3.63) is 42.1 Å². The molecule has 1 aromatic heterocycles. The van der Waals surface area contributed by atoms with Crippen LogP contribution in [0.25, 0.3) is 11.4 Å². The number of carbonyl (C=O) groups is 1. The predicted octanol–water partition coefficient (Wildman–Crippen LogP) is 3.38. The van der Waals surface area contributed by atoms with Crippen LogP contribution in [-0.4, -0.2) is 65.9 Å². The Morgan fingerprint density at radius 2 is 2.04 bits per heavy atom. The van der Waals surface area contributed by atoms with E-state index in [1.165, 1.54) is 6.42 Å². The first kappa shape index (κ1) is 20.3. The third-order valence-electron chi connectivity index (χ3n) is 5.01. The topological polar surface area (TPSA) is 61.4 Å². The van der Waals surface area contributed by atoms with Gasteiger partial charge in [-0.15, -0.1) is 0 Å². The molecule has 0 aliphatic carbocycles. The van der Waals surface area contributed by atoms with Gasteiger partial charge < -0.3 is 15.1 Å². The van der Waals surface area contributed by atoms with Crippen molar-refractivity contribution in [2.75, 3.05) is 45.6 Å². The lowest BCUT2D eigenvalue weighted by Gasteiger charge is -2.30. The fourth-order valence-electron chi connectivity index (χ4n) is 3.51. The number of nitrogens with zero attached hydrogens (tertiary/aromatic N) is 4. The molecule has 1 unspecified atom stereocenters. The first-order chi connectivity index (χ1) is 13.5. The summed E-state index contributed by atoms with van der Waals surface area (Å²) in [6.07, 6.45) is 3.24. The highest BCUT2D eigenvalue weighted by Gasteiger charge is 2.24. The molecule has 1 aromatic carbocycles. The molecular formula is C22H31N5O. The van der Waals surface area contributed by atoms with Gasteiger partial charge in [0.25, 0.3) is 5.91 Å². The number of benzene rings is 1. The molecule has 0 bridgehead atoms. The van der Waals surface area contributed by atoms with Gasteiger partial charge in [0.1, 0.15) is 11.5 Å². The second-order valence-corrected chi connectivity index (χ2v) is 7.91. The van der Waals surface area contributed by atoms with Gasteiger partial charge in [-0.3, -0.25) is 4.79 Å². The maximum absolute atomic E-state index is 13.1. The molecule has 0 saturated carbocycles. The summed E-state index contributed by atoms with van der Waals surface area (Å²) < 4.78 is 0. The van der Waals surface area contributed by atoms with Gasteiger partial charge >= 0.3 is 0 Å². The van der Waals surface area contributed by atoms with E-state index in [0.29, 0.717) is 23.3 Å². The average molecular weight is 382 g/mol. The van der Waals surface area contributed by atoms with Crippen molar-refractivity contribution in [3.8, 4) is 11.4 Å². The monoisotopic (exact) mass is 381 g/mol. The number of piperidine rings is 1. The van der Waals surface area contributed by atoms with Crippen molar-refractivity contribution in [3.63, 3.8) is 0 Å². The quantitative estimate of drug-likeness (QED) is 0.745. The standard InChI is InChI=1S/C22H31N5O/c1-17-9-7-14-27(16-17)22(28)19-15-20(23-12-8-13-26(2)3)25-21(24-19)18-10-5-4-6-11-18/h4-6,10-11,15,17H,7-9,12-14,16H2,1-3H3,(H,23,24,25). The first-order valence-electron chi connectivity index (χ1n) is 10.2. The highest BCUT2D eigenvalue weighted by atomic mass is 16.2. The van der Waals surface area contributed by atoms with Crippen LogP contribution in [0, 0.1) is 5.92 Å². The van der Waals surface area contributed by atoms with Crippen LogP contribution < -0.4 is 5.32 Å². The zero-order valence-corrected chi connectivity index (χ0v) is 17.2. The van der Waals surface area contributed by atoms with Crippen molar-refractivity contribution in [2.24, 2.45) is 5.92 Å². The summed E-state index contributed by atoms with van der Waals surface area (Å²) in [5, 5.41) is 3.37. The molecule has 6 nitrogen and oxygen atoms in total. The van der Waals surface area contributed by atoms with Gasteiger partial charge in [-0.25, -0.2) is 9.97 Å². The maximum Gasteiger partial charge on any atom is 0.272 e. The van der Waals surface area contributed by atoms with Crippen LogP contribution in [-0.2, 0) is 0 Å². The first-order valence-corrected chi connectivity index (χ1v) is 10.2. The molecule has 2 aromatic rings. The van der Waals surface area contributed by atoms with E-state index >= 15 is 0 Å². The van der Waals surface area contributed by atoms with Gasteiger partial charge in [-0.2, -0.15) is 0 Å². The van der Waals surface area contributed by atoms with E-state index in [-0.39, 0.29) is 5.91 Å². The minimum absolute atomic E-state index is 0.00229. The molecular weight excluding hydrogens is 350 g/mol. The number of aromatic nitrogens is 2. The highest BCUT2D eigenvalue weighted by molar-refractivity contribution is 5.93. The van der Waals surface area contributed by atoms with E-state index < -0.39 is 0 Å². The van der Waals surface area contributed by atoms with Gasteiger partial charge in [-0.05, 0) is 45.8 Å². The Hall–Kier alpha value is -2.47. The minimum atomic E-state index is 0.00229. The maximum atomic E-state index is 13.1. The number of anilines is 1. The van der Waals surface area contributed by atoms with Crippen LogP contribution in [0.3, 0.4) is 0 Å². The molecule has 1 fully saturated rings. The summed E-state index contributed by atoms with van der Waals surface area (Å²) in [5.74, 6) is 1.84. The number of nitrogens with one attached hydrogen (secondary N) is 1. The van der Waals surface area contributed by atoms with Crippen molar-refractivity contribution in [1.29, 1.82) is 0 Å². The second-order valence-electron chi connectivity index (χ2n) is 7.91. The number of amides is 1. The Bertz CT molecular complexity index is 778. The molecule has 1 aliphatic rings. The zero-order chi connectivity index (χ0) is 19.9. The normalized spacial score (nSPS) is 17.0. The second kappa shape index (κ2) is 9.64. The number of likely N-dealkylation sites (tertiary alicyclic amines) is 1. The van der Waals surface area contributed by atoms with E-state index in [2.05, 4.69) is 41.2 Å². The molecule has 1 saturated heterocycles. The molecule has 1 atom stereocenters. The average Bonchev–Trinajstić information content (AvgIpc) is 2.71. The fraction of sp³-hybridized carbons (Fsp3) is 0.500. The Morgan fingerprint density at radius 1 is 1.25 bits per heavy atom. The molecule has 0 spiro atoms. The molecule has 28 heavy (non-hydrogen) atoms. The Kier molecular flexibility index (Phi) is 6.98. The van der Waals surface area contributed by atoms with E-state index in [1.54, 1.807) is 6.07 Å². The van der Waals surface area contributed by atoms with Gasteiger partial charge in [0.2, 0.25) is 0 Å². The Morgan fingerprint density at radius 3 is 2.75 bits per heavy atom. The lowest BCUT2D eigenvalue weighted by atomic mass is 10.00. The summed E-state index contributed by atoms with van der Waals surface area (Å²) in [6.45, 7) is 5.61. The van der Waals surface area contributed by atoms with Gasteiger partial charge in [-0.1, -0.05) is 37.3 Å². The van der Waals surface area contributed by atoms with Crippen LogP contribution in [0.15, 0.2) is 36.4 Å². The van der Waals surface area contributed by atoms with Gasteiger partial charge in [0, 0.05) is 31.3 Å². The lowest BCUT2D eigenvalue weighted by molar-refractivity contribution is 0.0677. The van der Waals surface area contributed by atoms with Crippen molar-refractivity contribution in [2.45, 2.75) is 26.2 Å². The lowest BCUT2D eigenvalue weighted by Crippen LogP contribution is -2.39. The third-order valence-corrected chi connectivity index (χ3v) is 5.01. The molecule has 6 heteroatoms. The summed E-state index contributed by atoms with van der Waals surface area (Å²) in [4.78, 5) is 26.5. The molecule has 2 heterocycles. The molecule has 0 radical (unpaired) electrons. The molecule has 1 aliphatic heterocycles. The van der Waals surface area contributed by atoms with Crippen molar-refractivity contribution in [1.82, 2.24) is 19.8 Å². The molecule has 150 valence electrons. The highest BCUT2D eigenvalue weighted by Crippen LogP contribution is 2.21. The van der Waals surface area contributed by atoms with Gasteiger partial charge in [0.15, 0.2) is 5.82 Å². The SMILES string of the molecule is CC1CCCN(C(=O)c2cc(NCCCN(C)C)nc(-c3ccccc3)n2)C1. The fourth-order valence-corrected chi connectivity index (χ4v) is 3.51. The summed E-state index contributed by atoms with van der Waals surface area (Å²) >= 11 is 0. The van der Waals surface area contributed by atoms with Crippen LogP contribution in [0.2, 0.25) is 0 Å². The Balaban J connectivity index is 1.83. The number of carbonyl (C=O) groups excluding carboxylic acids is 1. The van der Waals surface area contributed by atoms with Crippen LogP contribution in [0.4, 0.5) is 5.82 Å². The van der Waals surface area contributed by atoms with Crippen LogP contribution >= 0.6 is 0 Å². The number of rotatable bonds is 7. The Labute approximate surface area is 168 Å². The van der Waals surface area contributed by atoms with Crippen molar-refractivity contribution >= 4 is 11.7 Å². The largest absolute Gasteiger partial charge is 0.370 e. The van der Waals surface area contributed by atoms with E-state index in [4.69, 9.17) is 0 Å². The van der Waals surface area contributed by atoms with Crippen LogP contribution in [0.1, 0.15) is 36.7 Å². The summed E-state index contributed by atoms with van der Waals surface area (Å²) in [5.41, 5.74) is 1.39. The summed E-state index contributed by atoms with van der Waals surface area (Å²) in [7, 11) is 4.13. The summed E-state index contributed by atoms with van der Waals surface area (Å²) in [6, 6.07) is 11.6. The van der Waals surface area contributed by atoms with E-state index in [9.17, 15) is 4.79 Å². The molecule has 1 N–H and O–H groups in total. The molecule has 1 amide bonds. The predicted molar refractivity (Wildman–Crippen MR) is 113 cm³/mol. The number of hydrogen-bond acceptors (Lipinski definition) is 5. The van der Waals surface area contributed by atoms with Crippen molar-refractivity contribution < 1.29 is 4.79 Å². The minimum Gasteiger partial charge on any atom is -0.370 e. The zero-order valence-electron chi connectivity index (χ0n) is 17.2. The third kappa shape index (κ3) is 5.52.